The van der Waals surface area contributed by atoms with Crippen LogP contribution >= 0.6 is 11.3 Å². The molecule has 204 valence electrons. The Kier molecular flexibility index (Phi) is 9.36. The number of aromatic nitrogens is 1. The Labute approximate surface area is 223 Å². The smallest absolute Gasteiger partial charge is 0.407 e. The Morgan fingerprint density at radius 3 is 2.43 bits per heavy atom. The van der Waals surface area contributed by atoms with E-state index >= 15 is 0 Å². The third-order valence-electron chi connectivity index (χ3n) is 5.85. The van der Waals surface area contributed by atoms with Crippen LogP contribution in [-0.2, 0) is 26.1 Å². The van der Waals surface area contributed by atoms with Crippen LogP contribution in [-0.4, -0.2) is 43.1 Å². The molecule has 1 heterocycles. The number of sulfonamides is 1. The second-order valence-corrected chi connectivity index (χ2v) is 13.5. The van der Waals surface area contributed by atoms with E-state index in [2.05, 4.69) is 20.3 Å². The second kappa shape index (κ2) is 11.9. The first-order valence-corrected chi connectivity index (χ1v) is 14.9. The van der Waals surface area contributed by atoms with Crippen LogP contribution in [0.1, 0.15) is 83.7 Å². The SMILES string of the molecule is CC(=O)NCc1ccc(-c2cnc([C@H]3CC[C@H](NC(=O)OC(C)C)CC3)s2)c(S(=O)(=O)NC(C)(C)C)c1. The van der Waals surface area contributed by atoms with Crippen LogP contribution in [0.4, 0.5) is 4.79 Å². The normalized spacial score (nSPS) is 18.5. The van der Waals surface area contributed by atoms with Crippen molar-refractivity contribution in [3.05, 3.63) is 35.0 Å². The fourth-order valence-electron chi connectivity index (χ4n) is 4.29. The number of carbonyl (C=O) groups excluding carboxylic acids is 2. The third-order valence-corrected chi connectivity index (χ3v) is 8.84. The molecular formula is C26H38N4O5S2. The number of alkyl carbamates (subject to hydrolysis) is 1. The lowest BCUT2D eigenvalue weighted by molar-refractivity contribution is -0.119. The fraction of sp³-hybridized carbons (Fsp3) is 0.577. The van der Waals surface area contributed by atoms with Crippen molar-refractivity contribution >= 4 is 33.4 Å². The molecule has 1 fully saturated rings. The average molecular weight is 551 g/mol. The number of nitrogens with zero attached hydrogens (tertiary/aromatic N) is 1. The Morgan fingerprint density at radius 1 is 1.16 bits per heavy atom. The predicted octanol–water partition coefficient (Wildman–Crippen LogP) is 4.68. The monoisotopic (exact) mass is 550 g/mol. The van der Waals surface area contributed by atoms with Gasteiger partial charge in [-0.3, -0.25) is 4.79 Å². The van der Waals surface area contributed by atoms with E-state index in [0.29, 0.717) is 11.1 Å². The van der Waals surface area contributed by atoms with Crippen molar-refractivity contribution in [3.8, 4) is 10.4 Å². The molecule has 3 rings (SSSR count). The molecule has 1 aliphatic rings. The van der Waals surface area contributed by atoms with Crippen molar-refractivity contribution in [2.75, 3.05) is 0 Å². The number of hydrogen-bond donors (Lipinski definition) is 3. The number of ether oxygens (including phenoxy) is 1. The number of hydrogen-bond acceptors (Lipinski definition) is 7. The van der Waals surface area contributed by atoms with Crippen LogP contribution in [0.15, 0.2) is 29.3 Å². The lowest BCUT2D eigenvalue weighted by Crippen LogP contribution is -2.40. The van der Waals surface area contributed by atoms with Crippen molar-refractivity contribution in [2.24, 2.45) is 0 Å². The number of rotatable bonds is 8. The maximum atomic E-state index is 13.4. The molecular weight excluding hydrogens is 512 g/mol. The van der Waals surface area contributed by atoms with Crippen LogP contribution in [0.25, 0.3) is 10.4 Å². The number of carbonyl (C=O) groups is 2. The first-order chi connectivity index (χ1) is 17.2. The Balaban J connectivity index is 1.81. The van der Waals surface area contributed by atoms with E-state index in [-0.39, 0.29) is 41.5 Å². The van der Waals surface area contributed by atoms with Gasteiger partial charge in [0.25, 0.3) is 0 Å². The zero-order valence-corrected chi connectivity index (χ0v) is 24.0. The van der Waals surface area contributed by atoms with Gasteiger partial charge in [-0.15, -0.1) is 11.3 Å². The maximum absolute atomic E-state index is 13.4. The molecule has 0 aliphatic heterocycles. The average Bonchev–Trinajstić information content (AvgIpc) is 3.26. The summed E-state index contributed by atoms with van der Waals surface area (Å²) in [5.74, 6) is 0.0693. The van der Waals surface area contributed by atoms with Crippen molar-refractivity contribution in [1.29, 1.82) is 0 Å². The van der Waals surface area contributed by atoms with Crippen LogP contribution < -0.4 is 15.4 Å². The topological polar surface area (TPSA) is 126 Å². The molecule has 0 radical (unpaired) electrons. The predicted molar refractivity (Wildman–Crippen MR) is 145 cm³/mol. The Bertz CT molecular complexity index is 1210. The largest absolute Gasteiger partial charge is 0.447 e. The molecule has 0 unspecified atom stereocenters. The van der Waals surface area contributed by atoms with Crippen LogP contribution in [0.5, 0.6) is 0 Å². The van der Waals surface area contributed by atoms with Gasteiger partial charge in [-0.05, 0) is 71.9 Å². The zero-order valence-electron chi connectivity index (χ0n) is 22.4. The fourth-order valence-corrected chi connectivity index (χ4v) is 7.17. The Morgan fingerprint density at radius 2 is 1.84 bits per heavy atom. The van der Waals surface area contributed by atoms with Gasteiger partial charge in [0.2, 0.25) is 15.9 Å². The van der Waals surface area contributed by atoms with Gasteiger partial charge >= 0.3 is 6.09 Å². The molecule has 0 bridgehead atoms. The molecule has 1 aromatic carbocycles. The summed E-state index contributed by atoms with van der Waals surface area (Å²) in [5, 5.41) is 6.63. The lowest BCUT2D eigenvalue weighted by Gasteiger charge is -2.28. The van der Waals surface area contributed by atoms with E-state index in [0.717, 1.165) is 35.6 Å². The summed E-state index contributed by atoms with van der Waals surface area (Å²) in [7, 11) is -3.84. The van der Waals surface area contributed by atoms with Crippen LogP contribution in [0, 0.1) is 0 Å². The van der Waals surface area contributed by atoms with Crippen LogP contribution in [0.3, 0.4) is 0 Å². The van der Waals surface area contributed by atoms with Gasteiger partial charge in [-0.1, -0.05) is 12.1 Å². The summed E-state index contributed by atoms with van der Waals surface area (Å²) in [6, 6.07) is 5.31. The highest BCUT2D eigenvalue weighted by Crippen LogP contribution is 2.39. The van der Waals surface area contributed by atoms with E-state index in [9.17, 15) is 18.0 Å². The molecule has 1 aliphatic carbocycles. The molecule has 0 spiro atoms. The van der Waals surface area contributed by atoms with Crippen molar-refractivity contribution < 1.29 is 22.7 Å². The van der Waals surface area contributed by atoms with Gasteiger partial charge in [0.05, 0.1) is 20.9 Å². The zero-order chi connectivity index (χ0) is 27.4. The summed E-state index contributed by atoms with van der Waals surface area (Å²) < 4.78 is 34.7. The van der Waals surface area contributed by atoms with Gasteiger partial charge in [-0.2, -0.15) is 0 Å². The van der Waals surface area contributed by atoms with Crippen LogP contribution in [0.2, 0.25) is 0 Å². The van der Waals surface area contributed by atoms with E-state index in [1.165, 1.54) is 18.3 Å². The standard InChI is InChI=1S/C26H38N4O5S2/c1-16(2)35-25(32)29-20-10-8-19(9-11-20)24-28-15-22(36-24)21-12-7-18(14-27-17(3)31)13-23(21)37(33,34)30-26(4,5)6/h7,12-13,15-16,19-20,30H,8-11,14H2,1-6H3,(H,27,31)(H,29,32)/t19-,20-. The summed E-state index contributed by atoms with van der Waals surface area (Å²) in [5.41, 5.74) is 0.621. The number of benzene rings is 1. The molecule has 37 heavy (non-hydrogen) atoms. The minimum atomic E-state index is -3.84. The number of nitrogens with one attached hydrogen (secondary N) is 3. The highest BCUT2D eigenvalue weighted by atomic mass is 32.2. The first kappa shape index (κ1) is 29.1. The molecule has 3 N–H and O–H groups in total. The highest BCUT2D eigenvalue weighted by molar-refractivity contribution is 7.89. The molecule has 0 saturated heterocycles. The van der Waals surface area contributed by atoms with Crippen molar-refractivity contribution in [1.82, 2.24) is 20.3 Å². The molecule has 0 atom stereocenters. The summed E-state index contributed by atoms with van der Waals surface area (Å²) in [4.78, 5) is 28.9. The third kappa shape index (κ3) is 8.51. The molecule has 9 nitrogen and oxygen atoms in total. The minimum Gasteiger partial charge on any atom is -0.447 e. The van der Waals surface area contributed by atoms with Crippen molar-refractivity contribution in [3.63, 3.8) is 0 Å². The molecule has 1 aromatic heterocycles. The van der Waals surface area contributed by atoms with Gasteiger partial charge < -0.3 is 15.4 Å². The molecule has 2 aromatic rings. The molecule has 11 heteroatoms. The highest BCUT2D eigenvalue weighted by Gasteiger charge is 2.29. The summed E-state index contributed by atoms with van der Waals surface area (Å²) >= 11 is 1.50. The maximum Gasteiger partial charge on any atom is 0.407 e. The molecule has 2 amide bonds. The van der Waals surface area contributed by atoms with Crippen molar-refractivity contribution in [2.45, 2.75) is 102 Å². The number of amides is 2. The quantitative estimate of drug-likeness (QED) is 0.438. The molecule has 1 saturated carbocycles. The van der Waals surface area contributed by atoms with Gasteiger partial charge in [0.15, 0.2) is 0 Å². The van der Waals surface area contributed by atoms with E-state index in [4.69, 9.17) is 4.74 Å². The van der Waals surface area contributed by atoms with E-state index in [1.54, 1.807) is 39.1 Å². The lowest BCUT2D eigenvalue weighted by atomic mass is 9.86. The van der Waals surface area contributed by atoms with E-state index < -0.39 is 15.6 Å². The van der Waals surface area contributed by atoms with Gasteiger partial charge in [0, 0.05) is 42.7 Å². The summed E-state index contributed by atoms with van der Waals surface area (Å²) in [6.07, 6.45) is 4.63. The second-order valence-electron chi connectivity index (χ2n) is 10.8. The minimum absolute atomic E-state index is 0.0818. The number of thiazole rings is 1. The van der Waals surface area contributed by atoms with E-state index in [1.807, 2.05) is 19.9 Å². The van der Waals surface area contributed by atoms with Gasteiger partial charge in [-0.25, -0.2) is 22.9 Å². The Hall–Kier alpha value is -2.50. The first-order valence-electron chi connectivity index (χ1n) is 12.6. The van der Waals surface area contributed by atoms with Gasteiger partial charge in [0.1, 0.15) is 0 Å². The summed E-state index contributed by atoms with van der Waals surface area (Å²) in [6.45, 7) is 10.7.